The number of carboxylic acid groups (broad SMARTS) is 1. The quantitative estimate of drug-likeness (QED) is 0.741. The van der Waals surface area contributed by atoms with Crippen molar-refractivity contribution in [2.45, 2.75) is 44.9 Å². The number of nitrogens with one attached hydrogen (secondary N) is 1. The molecule has 0 bridgehead atoms. The molecule has 1 aliphatic carbocycles. The molecule has 0 aromatic heterocycles. The third-order valence-electron chi connectivity index (χ3n) is 5.03. The number of hydrogen-bond acceptors (Lipinski definition) is 5. The van der Waals surface area contributed by atoms with E-state index in [0.29, 0.717) is 23.8 Å². The Morgan fingerprint density at radius 1 is 1.48 bits per heavy atom. The summed E-state index contributed by atoms with van der Waals surface area (Å²) in [6.07, 6.45) is 5.40. The zero-order valence-corrected chi connectivity index (χ0v) is 14.4. The monoisotopic (exact) mass is 350 g/mol. The molecule has 4 unspecified atom stereocenters. The number of nitrogens with zero attached hydrogens (tertiary/aromatic N) is 3. The second-order valence-corrected chi connectivity index (χ2v) is 7.25. The molecule has 1 saturated heterocycles. The summed E-state index contributed by atoms with van der Waals surface area (Å²) in [7, 11) is 0. The van der Waals surface area contributed by atoms with Gasteiger partial charge < -0.3 is 15.3 Å². The van der Waals surface area contributed by atoms with Crippen molar-refractivity contribution in [3.63, 3.8) is 0 Å². The number of hydrogen-bond donors (Lipinski definition) is 2. The van der Waals surface area contributed by atoms with Crippen LogP contribution in [-0.2, 0) is 4.79 Å². The minimum atomic E-state index is -1.02. The molecule has 1 amide bonds. The first-order chi connectivity index (χ1) is 11.8. The fourth-order valence-corrected chi connectivity index (χ4v) is 3.81. The van der Waals surface area contributed by atoms with Crippen LogP contribution in [0.1, 0.15) is 26.7 Å². The van der Waals surface area contributed by atoms with Gasteiger partial charge in [-0.15, -0.1) is 0 Å². The van der Waals surface area contributed by atoms with Crippen LogP contribution in [0.3, 0.4) is 0 Å². The van der Waals surface area contributed by atoms with Gasteiger partial charge in [0.15, 0.2) is 11.9 Å². The average Bonchev–Trinajstić information content (AvgIpc) is 2.54. The first-order valence-corrected chi connectivity index (χ1v) is 8.42. The zero-order chi connectivity index (χ0) is 18.2. The summed E-state index contributed by atoms with van der Waals surface area (Å²) in [4.78, 5) is 28.6. The van der Waals surface area contributed by atoms with E-state index in [4.69, 9.17) is 0 Å². The average molecular weight is 350 g/mol. The summed E-state index contributed by atoms with van der Waals surface area (Å²) in [5.74, 6) is -0.0245. The summed E-state index contributed by atoms with van der Waals surface area (Å²) in [5.41, 5.74) is -0.218. The van der Waals surface area contributed by atoms with Crippen LogP contribution in [-0.4, -0.2) is 64.6 Å². The van der Waals surface area contributed by atoms with Crippen molar-refractivity contribution in [2.75, 3.05) is 13.1 Å². The maximum Gasteiger partial charge on any atom is 0.407 e. The molecule has 4 atom stereocenters. The highest BCUT2D eigenvalue weighted by Crippen LogP contribution is 2.42. The second-order valence-electron chi connectivity index (χ2n) is 7.25. The highest BCUT2D eigenvalue weighted by molar-refractivity contribution is 5.91. The Morgan fingerprint density at radius 3 is 2.92 bits per heavy atom. The van der Waals surface area contributed by atoms with E-state index in [9.17, 15) is 14.7 Å². The molecule has 2 heterocycles. The van der Waals surface area contributed by atoms with Gasteiger partial charge >= 0.3 is 6.09 Å². The van der Waals surface area contributed by atoms with Gasteiger partial charge in [-0.2, -0.15) is 5.12 Å². The van der Waals surface area contributed by atoms with E-state index in [0.717, 1.165) is 0 Å². The molecule has 2 N–H and O–H groups in total. The number of amides is 1. The van der Waals surface area contributed by atoms with Gasteiger partial charge in [-0.25, -0.2) is 4.79 Å². The number of halogens is 1. The molecular formula is C17H23FN4O3. The van der Waals surface area contributed by atoms with Gasteiger partial charge in [0.25, 0.3) is 0 Å². The molecule has 1 fully saturated rings. The SMILES string of the molecule is CC1CN(C(=O)O)CC(C2N=CC=C(C3(C)CC=CC(=O)C3)N2F)N1. The predicted molar refractivity (Wildman–Crippen MR) is 90.8 cm³/mol. The lowest BCUT2D eigenvalue weighted by Gasteiger charge is -2.44. The van der Waals surface area contributed by atoms with E-state index < -0.39 is 23.7 Å². The molecule has 8 heteroatoms. The Labute approximate surface area is 145 Å². The minimum Gasteiger partial charge on any atom is -0.465 e. The first kappa shape index (κ1) is 17.6. The lowest BCUT2D eigenvalue weighted by Crippen LogP contribution is -2.62. The van der Waals surface area contributed by atoms with Crippen LogP contribution in [0.25, 0.3) is 0 Å². The molecule has 25 heavy (non-hydrogen) atoms. The Morgan fingerprint density at radius 2 is 2.24 bits per heavy atom. The predicted octanol–water partition coefficient (Wildman–Crippen LogP) is 1.73. The van der Waals surface area contributed by atoms with Crippen LogP contribution < -0.4 is 5.32 Å². The Bertz CT molecular complexity index is 662. The molecule has 3 aliphatic rings. The third-order valence-corrected chi connectivity index (χ3v) is 5.03. The van der Waals surface area contributed by atoms with Crippen molar-refractivity contribution >= 4 is 18.1 Å². The number of aliphatic imine (C=N–C) groups is 1. The highest BCUT2D eigenvalue weighted by atomic mass is 19.2. The third kappa shape index (κ3) is 3.44. The minimum absolute atomic E-state index is 0.0245. The van der Waals surface area contributed by atoms with Crippen LogP contribution in [0, 0.1) is 5.41 Å². The molecule has 2 aliphatic heterocycles. The van der Waals surface area contributed by atoms with E-state index in [1.165, 1.54) is 11.0 Å². The zero-order valence-electron chi connectivity index (χ0n) is 14.4. The summed E-state index contributed by atoms with van der Waals surface area (Å²) in [6, 6.07) is -0.564. The molecule has 0 spiro atoms. The van der Waals surface area contributed by atoms with E-state index in [-0.39, 0.29) is 24.8 Å². The molecular weight excluding hydrogens is 327 g/mol. The van der Waals surface area contributed by atoms with Gasteiger partial charge in [-0.05, 0) is 25.5 Å². The summed E-state index contributed by atoms with van der Waals surface area (Å²) in [5, 5.41) is 13.1. The Hall–Kier alpha value is -2.22. The van der Waals surface area contributed by atoms with Gasteiger partial charge in [0, 0.05) is 37.2 Å². The van der Waals surface area contributed by atoms with E-state index in [1.54, 1.807) is 18.4 Å². The van der Waals surface area contributed by atoms with Crippen molar-refractivity contribution < 1.29 is 19.2 Å². The molecule has 0 aromatic carbocycles. The smallest absolute Gasteiger partial charge is 0.407 e. The van der Waals surface area contributed by atoms with E-state index >= 15 is 4.48 Å². The summed E-state index contributed by atoms with van der Waals surface area (Å²) in [6.45, 7) is 4.24. The number of rotatable bonds is 2. The first-order valence-electron chi connectivity index (χ1n) is 8.42. The molecule has 0 aromatic rings. The Kier molecular flexibility index (Phi) is 4.64. The van der Waals surface area contributed by atoms with Crippen molar-refractivity contribution in [1.29, 1.82) is 0 Å². The molecule has 3 rings (SSSR count). The second kappa shape index (κ2) is 6.59. The van der Waals surface area contributed by atoms with Crippen molar-refractivity contribution in [1.82, 2.24) is 15.3 Å². The topological polar surface area (TPSA) is 85.2 Å². The lowest BCUT2D eigenvalue weighted by molar-refractivity contribution is -0.117. The van der Waals surface area contributed by atoms with Crippen LogP contribution in [0.2, 0.25) is 0 Å². The largest absolute Gasteiger partial charge is 0.465 e. The molecule has 7 nitrogen and oxygen atoms in total. The number of ketones is 1. The highest BCUT2D eigenvalue weighted by Gasteiger charge is 2.43. The van der Waals surface area contributed by atoms with Crippen molar-refractivity contribution in [2.24, 2.45) is 10.4 Å². The standard InChI is InChI=1S/C17H23FN4O3/c1-11-9-21(16(24)25)10-13(20-11)15-19-7-5-14(22(15)18)17(2)6-3-4-12(23)8-17/h3-5,7,11,13,15,20H,6,8-10H2,1-2H3,(H,24,25). The molecule has 0 saturated carbocycles. The van der Waals surface area contributed by atoms with Crippen molar-refractivity contribution in [3.8, 4) is 0 Å². The summed E-state index contributed by atoms with van der Waals surface area (Å²) >= 11 is 0. The number of allylic oxidation sites excluding steroid dienone is 4. The molecule has 136 valence electrons. The van der Waals surface area contributed by atoms with Crippen LogP contribution in [0.5, 0.6) is 0 Å². The van der Waals surface area contributed by atoms with E-state index in [2.05, 4.69) is 10.3 Å². The fraction of sp³-hybridized carbons (Fsp3) is 0.588. The number of carbonyl (C=O) groups excluding carboxylic acids is 1. The fourth-order valence-electron chi connectivity index (χ4n) is 3.81. The Balaban J connectivity index is 1.80. The van der Waals surface area contributed by atoms with E-state index in [1.807, 2.05) is 13.8 Å². The van der Waals surface area contributed by atoms with Crippen LogP contribution in [0.15, 0.2) is 28.9 Å². The number of piperazine rings is 1. The van der Waals surface area contributed by atoms with Crippen LogP contribution >= 0.6 is 0 Å². The lowest BCUT2D eigenvalue weighted by atomic mass is 9.75. The number of carbonyl (C=O) groups is 2. The van der Waals surface area contributed by atoms with Gasteiger partial charge in [-0.1, -0.05) is 17.5 Å². The van der Waals surface area contributed by atoms with Gasteiger partial charge in [0.1, 0.15) is 0 Å². The maximum atomic E-state index is 15.2. The van der Waals surface area contributed by atoms with Gasteiger partial charge in [-0.3, -0.25) is 9.79 Å². The van der Waals surface area contributed by atoms with Crippen molar-refractivity contribution in [3.05, 3.63) is 23.9 Å². The van der Waals surface area contributed by atoms with Gasteiger partial charge in [0.2, 0.25) is 0 Å². The maximum absolute atomic E-state index is 15.2. The normalized spacial score (nSPS) is 35.7. The molecule has 0 radical (unpaired) electrons. The van der Waals surface area contributed by atoms with Crippen LogP contribution in [0.4, 0.5) is 9.28 Å². The summed E-state index contributed by atoms with van der Waals surface area (Å²) < 4.78 is 15.2. The van der Waals surface area contributed by atoms with Gasteiger partial charge in [0.05, 0.1) is 11.7 Å².